The van der Waals surface area contributed by atoms with Crippen molar-refractivity contribution in [1.29, 1.82) is 0 Å². The fourth-order valence-electron chi connectivity index (χ4n) is 1.02. The van der Waals surface area contributed by atoms with Gasteiger partial charge in [0.05, 0.1) is 0 Å². The Morgan fingerprint density at radius 1 is 1.40 bits per heavy atom. The molecule has 6 nitrogen and oxygen atoms in total. The molecule has 0 radical (unpaired) electrons. The van der Waals surface area contributed by atoms with Crippen molar-refractivity contribution in [3.8, 4) is 0 Å². The highest BCUT2D eigenvalue weighted by atomic mass is 32.2. The van der Waals surface area contributed by atoms with Crippen molar-refractivity contribution < 1.29 is 23.1 Å². The number of aliphatic carboxylic acids is 1. The van der Waals surface area contributed by atoms with E-state index in [-0.39, 0.29) is 6.42 Å². The lowest BCUT2D eigenvalue weighted by Crippen LogP contribution is -2.43. The van der Waals surface area contributed by atoms with Crippen LogP contribution in [0.2, 0.25) is 0 Å². The zero-order chi connectivity index (χ0) is 12.1. The molecule has 7 heteroatoms. The van der Waals surface area contributed by atoms with Crippen molar-refractivity contribution in [1.82, 2.24) is 5.32 Å². The van der Waals surface area contributed by atoms with Crippen LogP contribution in [0, 0.1) is 0 Å². The number of carbonyl (C=O) groups is 2. The highest BCUT2D eigenvalue weighted by molar-refractivity contribution is 7.91. The highest BCUT2D eigenvalue weighted by Crippen LogP contribution is 1.97. The van der Waals surface area contributed by atoms with Crippen molar-refractivity contribution in [3.05, 3.63) is 0 Å². The Labute approximate surface area is 88.6 Å². The first kappa shape index (κ1) is 13.9. The summed E-state index contributed by atoms with van der Waals surface area (Å²) in [5.41, 5.74) is 0. The molecule has 0 bridgehead atoms. The molecule has 0 aliphatic rings. The molecule has 0 saturated carbocycles. The molecule has 0 aromatic rings. The third kappa shape index (κ3) is 6.89. The van der Waals surface area contributed by atoms with Gasteiger partial charge in [0.25, 0.3) is 0 Å². The standard InChI is InChI=1S/C8H15NO5S/c1-3-4-6(8(11)12)9-7(10)5-15(2,13)14/h6H,3-5H2,1-2H3,(H,9,10)(H,11,12)/t6-/m1/s1. The van der Waals surface area contributed by atoms with E-state index in [1.807, 2.05) is 0 Å². The molecule has 0 aromatic heterocycles. The molecule has 1 amide bonds. The second kappa shape index (κ2) is 5.69. The van der Waals surface area contributed by atoms with Crippen LogP contribution in [0.5, 0.6) is 0 Å². The first-order valence-corrected chi connectivity index (χ1v) is 6.52. The Balaban J connectivity index is 4.30. The highest BCUT2D eigenvalue weighted by Gasteiger charge is 2.20. The molecule has 2 N–H and O–H groups in total. The molecule has 1 atom stereocenters. The third-order valence-corrected chi connectivity index (χ3v) is 2.39. The minimum Gasteiger partial charge on any atom is -0.480 e. The van der Waals surface area contributed by atoms with Crippen LogP contribution in [0.15, 0.2) is 0 Å². The molecule has 0 saturated heterocycles. The maximum atomic E-state index is 11.1. The molecule has 0 heterocycles. The van der Waals surface area contributed by atoms with E-state index >= 15 is 0 Å². The lowest BCUT2D eigenvalue weighted by atomic mass is 10.2. The number of sulfone groups is 1. The van der Waals surface area contributed by atoms with E-state index in [4.69, 9.17) is 5.11 Å². The molecule has 0 rings (SSSR count). The van der Waals surface area contributed by atoms with Gasteiger partial charge >= 0.3 is 5.97 Å². The van der Waals surface area contributed by atoms with Gasteiger partial charge in [-0.3, -0.25) is 4.79 Å². The smallest absolute Gasteiger partial charge is 0.326 e. The minimum atomic E-state index is -3.41. The van der Waals surface area contributed by atoms with Crippen LogP contribution >= 0.6 is 0 Å². The van der Waals surface area contributed by atoms with Crippen LogP contribution in [0.3, 0.4) is 0 Å². The van der Waals surface area contributed by atoms with Crippen molar-refractivity contribution in [3.63, 3.8) is 0 Å². The van der Waals surface area contributed by atoms with Gasteiger partial charge in [0.1, 0.15) is 11.8 Å². The Morgan fingerprint density at radius 3 is 2.27 bits per heavy atom. The van der Waals surface area contributed by atoms with Crippen LogP contribution in [0.1, 0.15) is 19.8 Å². The average Bonchev–Trinajstić information content (AvgIpc) is 1.99. The van der Waals surface area contributed by atoms with Crippen molar-refractivity contribution in [2.45, 2.75) is 25.8 Å². The summed E-state index contributed by atoms with van der Waals surface area (Å²) in [6.07, 6.45) is 1.79. The number of amides is 1. The van der Waals surface area contributed by atoms with E-state index in [0.29, 0.717) is 6.42 Å². The zero-order valence-electron chi connectivity index (χ0n) is 8.69. The van der Waals surface area contributed by atoms with E-state index in [2.05, 4.69) is 5.32 Å². The van der Waals surface area contributed by atoms with Gasteiger partial charge < -0.3 is 10.4 Å². The van der Waals surface area contributed by atoms with Crippen LogP contribution in [-0.2, 0) is 19.4 Å². The van der Waals surface area contributed by atoms with Gasteiger partial charge in [-0.05, 0) is 6.42 Å². The Morgan fingerprint density at radius 2 is 1.93 bits per heavy atom. The van der Waals surface area contributed by atoms with Crippen molar-refractivity contribution >= 4 is 21.7 Å². The second-order valence-corrected chi connectivity index (χ2v) is 5.46. The maximum absolute atomic E-state index is 11.1. The Kier molecular flexibility index (Phi) is 5.27. The predicted molar refractivity (Wildman–Crippen MR) is 54.2 cm³/mol. The van der Waals surface area contributed by atoms with Gasteiger partial charge in [-0.1, -0.05) is 13.3 Å². The largest absolute Gasteiger partial charge is 0.480 e. The van der Waals surface area contributed by atoms with Gasteiger partial charge in [0.2, 0.25) is 5.91 Å². The summed E-state index contributed by atoms with van der Waals surface area (Å²) in [6.45, 7) is 1.78. The summed E-state index contributed by atoms with van der Waals surface area (Å²) in [5, 5.41) is 10.8. The van der Waals surface area contributed by atoms with E-state index in [9.17, 15) is 18.0 Å². The Hall–Kier alpha value is -1.11. The summed E-state index contributed by atoms with van der Waals surface area (Å²) in [7, 11) is -3.41. The van der Waals surface area contributed by atoms with Gasteiger partial charge in [-0.15, -0.1) is 0 Å². The molecule has 15 heavy (non-hydrogen) atoms. The fourth-order valence-corrected chi connectivity index (χ4v) is 1.58. The lowest BCUT2D eigenvalue weighted by molar-refractivity contribution is -0.141. The number of carbonyl (C=O) groups excluding carboxylic acids is 1. The van der Waals surface area contributed by atoms with Crippen molar-refractivity contribution in [2.75, 3.05) is 12.0 Å². The summed E-state index contributed by atoms with van der Waals surface area (Å²) >= 11 is 0. The topological polar surface area (TPSA) is 101 Å². The van der Waals surface area contributed by atoms with Crippen molar-refractivity contribution in [2.24, 2.45) is 0 Å². The number of carboxylic acids is 1. The molecule has 0 unspecified atom stereocenters. The predicted octanol–water partition coefficient (Wildman–Crippen LogP) is -0.599. The molecule has 0 fully saturated rings. The van der Waals surface area contributed by atoms with Gasteiger partial charge in [0.15, 0.2) is 9.84 Å². The first-order valence-electron chi connectivity index (χ1n) is 4.46. The molecule has 0 aromatic carbocycles. The SMILES string of the molecule is CCC[C@@H](NC(=O)CS(C)(=O)=O)C(=O)O. The number of carboxylic acid groups (broad SMARTS) is 1. The maximum Gasteiger partial charge on any atom is 0.326 e. The molecular weight excluding hydrogens is 222 g/mol. The molecule has 88 valence electrons. The van der Waals surface area contributed by atoms with Gasteiger partial charge in [-0.2, -0.15) is 0 Å². The molecule has 0 aliphatic heterocycles. The second-order valence-electron chi connectivity index (χ2n) is 3.32. The summed E-state index contributed by atoms with van der Waals surface area (Å²) in [6, 6.07) is -1.01. The first-order chi connectivity index (χ1) is 6.76. The third-order valence-electron chi connectivity index (χ3n) is 1.60. The van der Waals surface area contributed by atoms with Crippen LogP contribution in [-0.4, -0.2) is 43.5 Å². The van der Waals surface area contributed by atoms with Crippen LogP contribution in [0.4, 0.5) is 0 Å². The quantitative estimate of drug-likeness (QED) is 0.642. The monoisotopic (exact) mass is 237 g/mol. The van der Waals surface area contributed by atoms with Crippen LogP contribution in [0.25, 0.3) is 0 Å². The fraction of sp³-hybridized carbons (Fsp3) is 0.750. The van der Waals surface area contributed by atoms with Crippen LogP contribution < -0.4 is 5.32 Å². The Bertz CT molecular complexity index is 335. The molecule has 0 spiro atoms. The summed E-state index contributed by atoms with van der Waals surface area (Å²) in [5.74, 6) is -2.61. The van der Waals surface area contributed by atoms with Gasteiger partial charge in [-0.25, -0.2) is 13.2 Å². The lowest BCUT2D eigenvalue weighted by Gasteiger charge is -2.12. The molecular formula is C8H15NO5S. The van der Waals surface area contributed by atoms with E-state index in [1.54, 1.807) is 6.92 Å². The van der Waals surface area contributed by atoms with E-state index in [0.717, 1.165) is 6.26 Å². The average molecular weight is 237 g/mol. The van der Waals surface area contributed by atoms with Gasteiger partial charge in [0, 0.05) is 6.26 Å². The normalized spacial score (nSPS) is 13.2. The van der Waals surface area contributed by atoms with E-state index in [1.165, 1.54) is 0 Å². The number of rotatable bonds is 6. The number of hydrogen-bond acceptors (Lipinski definition) is 4. The van der Waals surface area contributed by atoms with E-state index < -0.39 is 33.5 Å². The zero-order valence-corrected chi connectivity index (χ0v) is 9.50. The number of hydrogen-bond donors (Lipinski definition) is 2. The summed E-state index contributed by atoms with van der Waals surface area (Å²) < 4.78 is 21.5. The summed E-state index contributed by atoms with van der Waals surface area (Å²) in [4.78, 5) is 21.7. The minimum absolute atomic E-state index is 0.283. The molecule has 0 aliphatic carbocycles. The number of nitrogens with one attached hydrogen (secondary N) is 1.